The lowest BCUT2D eigenvalue weighted by Gasteiger charge is -2.33. The van der Waals surface area contributed by atoms with Crippen LogP contribution in [0.15, 0.2) is 58.1 Å². The molecule has 2 aliphatic heterocycles. The van der Waals surface area contributed by atoms with Crippen molar-refractivity contribution in [1.29, 1.82) is 0 Å². The van der Waals surface area contributed by atoms with Gasteiger partial charge >= 0.3 is 0 Å². The minimum absolute atomic E-state index is 0.0402. The summed E-state index contributed by atoms with van der Waals surface area (Å²) < 4.78 is 1.71. The quantitative estimate of drug-likeness (QED) is 0.857. The van der Waals surface area contributed by atoms with Crippen molar-refractivity contribution >= 4 is 11.9 Å². The molecular weight excluding hydrogens is 304 g/mol. The molecule has 1 aromatic heterocycles. The number of hydrogen-bond donors (Lipinski definition) is 2. The van der Waals surface area contributed by atoms with Crippen molar-refractivity contribution < 1.29 is 0 Å². The lowest BCUT2D eigenvalue weighted by atomic mass is 10.1. The highest BCUT2D eigenvalue weighted by atomic mass is 16.1. The topological polar surface area (TPSA) is 88.5 Å². The third-order valence-corrected chi connectivity index (χ3v) is 4.16. The van der Waals surface area contributed by atoms with E-state index in [4.69, 9.17) is 10.7 Å². The van der Waals surface area contributed by atoms with E-state index in [1.165, 1.54) is 0 Å². The first-order chi connectivity index (χ1) is 11.7. The van der Waals surface area contributed by atoms with Crippen molar-refractivity contribution in [3.63, 3.8) is 0 Å². The van der Waals surface area contributed by atoms with Gasteiger partial charge in [-0.25, -0.2) is 9.98 Å². The first-order valence-corrected chi connectivity index (χ1v) is 7.94. The number of nitrogens with one attached hydrogen (secondary N) is 1. The van der Waals surface area contributed by atoms with Gasteiger partial charge in [0.2, 0.25) is 5.95 Å². The van der Waals surface area contributed by atoms with Crippen LogP contribution in [0, 0.1) is 0 Å². The highest BCUT2D eigenvalue weighted by molar-refractivity contribution is 5.81. The summed E-state index contributed by atoms with van der Waals surface area (Å²) in [5.41, 5.74) is 7.35. The fourth-order valence-electron chi connectivity index (χ4n) is 3.01. The van der Waals surface area contributed by atoms with Crippen LogP contribution in [0.25, 0.3) is 11.3 Å². The zero-order chi connectivity index (χ0) is 16.5. The SMILES string of the molecule is NC1=NCC=C(N2CCCn3c2nc(-c2ccccc2)cc3=O)N1. The highest BCUT2D eigenvalue weighted by Crippen LogP contribution is 2.24. The first kappa shape index (κ1) is 14.5. The molecule has 2 aromatic rings. The molecule has 1 aromatic carbocycles. The molecule has 0 unspecified atom stereocenters. The van der Waals surface area contributed by atoms with Gasteiger partial charge in [0.25, 0.3) is 5.56 Å². The summed E-state index contributed by atoms with van der Waals surface area (Å²) in [4.78, 5) is 23.4. The molecule has 4 rings (SSSR count). The van der Waals surface area contributed by atoms with Crippen LogP contribution in [-0.2, 0) is 6.54 Å². The van der Waals surface area contributed by atoms with Crippen LogP contribution in [0.1, 0.15) is 6.42 Å². The van der Waals surface area contributed by atoms with Gasteiger partial charge in [0, 0.05) is 24.7 Å². The molecule has 0 radical (unpaired) electrons. The molecule has 2 aliphatic rings. The molecule has 0 spiro atoms. The van der Waals surface area contributed by atoms with Crippen molar-refractivity contribution in [3.05, 3.63) is 58.6 Å². The number of anilines is 1. The van der Waals surface area contributed by atoms with Crippen LogP contribution in [-0.4, -0.2) is 28.6 Å². The summed E-state index contributed by atoms with van der Waals surface area (Å²) in [6, 6.07) is 11.3. The van der Waals surface area contributed by atoms with Crippen molar-refractivity contribution in [2.24, 2.45) is 10.7 Å². The molecule has 0 fully saturated rings. The number of nitrogens with two attached hydrogens (primary N) is 1. The zero-order valence-electron chi connectivity index (χ0n) is 13.1. The maximum absolute atomic E-state index is 12.6. The van der Waals surface area contributed by atoms with Gasteiger partial charge in [-0.3, -0.25) is 14.3 Å². The standard InChI is InChI=1S/C17H18N6O/c18-16-19-8-7-14(21-16)22-9-4-10-23-15(24)11-13(20-17(22)23)12-5-2-1-3-6-12/h1-3,5-7,11H,4,8-10H2,(H3,18,19,21). The molecule has 24 heavy (non-hydrogen) atoms. The van der Waals surface area contributed by atoms with E-state index in [9.17, 15) is 4.79 Å². The Labute approximate surface area is 139 Å². The number of nitrogens with zero attached hydrogens (tertiary/aromatic N) is 4. The van der Waals surface area contributed by atoms with Crippen LogP contribution in [0.3, 0.4) is 0 Å². The molecule has 0 amide bonds. The van der Waals surface area contributed by atoms with E-state index in [2.05, 4.69) is 10.3 Å². The lowest BCUT2D eigenvalue weighted by Crippen LogP contribution is -2.46. The molecule has 122 valence electrons. The van der Waals surface area contributed by atoms with Crippen molar-refractivity contribution in [3.8, 4) is 11.3 Å². The second kappa shape index (κ2) is 5.84. The Bertz CT molecular complexity index is 884. The van der Waals surface area contributed by atoms with E-state index in [0.29, 0.717) is 30.7 Å². The number of rotatable bonds is 2. The Morgan fingerprint density at radius 2 is 2.00 bits per heavy atom. The van der Waals surface area contributed by atoms with Crippen LogP contribution < -0.4 is 21.5 Å². The Kier molecular flexibility index (Phi) is 3.53. The number of benzene rings is 1. The van der Waals surface area contributed by atoms with Gasteiger partial charge in [-0.2, -0.15) is 0 Å². The molecule has 3 N–H and O–H groups in total. The maximum atomic E-state index is 12.6. The summed E-state index contributed by atoms with van der Waals surface area (Å²) in [6.45, 7) is 1.97. The van der Waals surface area contributed by atoms with E-state index >= 15 is 0 Å². The van der Waals surface area contributed by atoms with Crippen LogP contribution in [0.4, 0.5) is 5.95 Å². The predicted octanol–water partition coefficient (Wildman–Crippen LogP) is 0.880. The summed E-state index contributed by atoms with van der Waals surface area (Å²) in [5, 5.41) is 3.07. The largest absolute Gasteiger partial charge is 0.370 e. The molecule has 0 bridgehead atoms. The van der Waals surface area contributed by atoms with Gasteiger partial charge < -0.3 is 11.1 Å². The Hall–Kier alpha value is -3.09. The fraction of sp³-hybridized carbons (Fsp3) is 0.235. The number of aliphatic imine (C=N–C) groups is 1. The average molecular weight is 322 g/mol. The second-order valence-electron chi connectivity index (χ2n) is 5.74. The van der Waals surface area contributed by atoms with E-state index in [1.54, 1.807) is 10.6 Å². The van der Waals surface area contributed by atoms with Gasteiger partial charge in [-0.1, -0.05) is 30.3 Å². The zero-order valence-corrected chi connectivity index (χ0v) is 13.1. The normalized spacial score (nSPS) is 16.8. The van der Waals surface area contributed by atoms with Gasteiger partial charge in [0.05, 0.1) is 12.2 Å². The number of hydrogen-bond acceptors (Lipinski definition) is 6. The van der Waals surface area contributed by atoms with Crippen molar-refractivity contribution in [2.75, 3.05) is 18.0 Å². The minimum Gasteiger partial charge on any atom is -0.370 e. The first-order valence-electron chi connectivity index (χ1n) is 7.94. The van der Waals surface area contributed by atoms with Crippen LogP contribution in [0.5, 0.6) is 0 Å². The third-order valence-electron chi connectivity index (χ3n) is 4.16. The molecule has 7 heteroatoms. The van der Waals surface area contributed by atoms with Crippen LogP contribution >= 0.6 is 0 Å². The predicted molar refractivity (Wildman–Crippen MR) is 93.6 cm³/mol. The summed E-state index contributed by atoms with van der Waals surface area (Å²) in [5.74, 6) is 1.85. The molecule has 0 saturated heterocycles. The summed E-state index contributed by atoms with van der Waals surface area (Å²) in [7, 11) is 0. The van der Waals surface area contributed by atoms with Crippen molar-refractivity contribution in [1.82, 2.24) is 14.9 Å². The second-order valence-corrected chi connectivity index (χ2v) is 5.74. The third kappa shape index (κ3) is 2.54. The van der Waals surface area contributed by atoms with Gasteiger partial charge in [0.1, 0.15) is 5.82 Å². The maximum Gasteiger partial charge on any atom is 0.255 e. The van der Waals surface area contributed by atoms with Gasteiger partial charge in [0.15, 0.2) is 5.96 Å². The van der Waals surface area contributed by atoms with E-state index in [-0.39, 0.29) is 5.56 Å². The smallest absolute Gasteiger partial charge is 0.255 e. The minimum atomic E-state index is -0.0402. The Balaban J connectivity index is 1.80. The Morgan fingerprint density at radius 3 is 2.79 bits per heavy atom. The van der Waals surface area contributed by atoms with E-state index in [1.807, 2.05) is 41.3 Å². The summed E-state index contributed by atoms with van der Waals surface area (Å²) in [6.07, 6.45) is 2.82. The average Bonchev–Trinajstić information content (AvgIpc) is 2.62. The number of fused-ring (bicyclic) bond motifs is 1. The van der Waals surface area contributed by atoms with E-state index in [0.717, 1.165) is 24.4 Å². The number of aromatic nitrogens is 2. The van der Waals surface area contributed by atoms with Gasteiger partial charge in [-0.05, 0) is 12.5 Å². The molecule has 3 heterocycles. The lowest BCUT2D eigenvalue weighted by molar-refractivity contribution is 0.548. The molecule has 0 aliphatic carbocycles. The van der Waals surface area contributed by atoms with Gasteiger partial charge in [-0.15, -0.1) is 0 Å². The fourth-order valence-corrected chi connectivity index (χ4v) is 3.01. The monoisotopic (exact) mass is 322 g/mol. The number of guanidine groups is 1. The van der Waals surface area contributed by atoms with E-state index < -0.39 is 0 Å². The molecule has 0 saturated carbocycles. The molecule has 0 atom stereocenters. The Morgan fingerprint density at radius 1 is 1.17 bits per heavy atom. The molecule has 7 nitrogen and oxygen atoms in total. The van der Waals surface area contributed by atoms with Crippen LogP contribution in [0.2, 0.25) is 0 Å². The molecular formula is C17H18N6O. The van der Waals surface area contributed by atoms with Crippen molar-refractivity contribution in [2.45, 2.75) is 13.0 Å². The highest BCUT2D eigenvalue weighted by Gasteiger charge is 2.24. The summed E-state index contributed by atoms with van der Waals surface area (Å²) >= 11 is 0.